The molecular formula is C15H12INO. The zero-order valence-electron chi connectivity index (χ0n) is 9.69. The molecular weight excluding hydrogens is 337 g/mol. The monoisotopic (exact) mass is 349 g/mol. The van der Waals surface area contributed by atoms with Crippen LogP contribution in [0, 0.1) is 3.57 Å². The van der Waals surface area contributed by atoms with Crippen LogP contribution in [-0.2, 0) is 6.54 Å². The number of benzene rings is 2. The van der Waals surface area contributed by atoms with Gasteiger partial charge >= 0.3 is 0 Å². The van der Waals surface area contributed by atoms with Crippen LogP contribution in [0.2, 0.25) is 0 Å². The average Bonchev–Trinajstić information content (AvgIpc) is 2.82. The number of hydrogen-bond donors (Lipinski definition) is 1. The fourth-order valence-electron chi connectivity index (χ4n) is 1.93. The van der Waals surface area contributed by atoms with Crippen LogP contribution in [0.5, 0.6) is 0 Å². The molecule has 0 aliphatic rings. The third kappa shape index (κ3) is 2.36. The largest absolute Gasteiger partial charge is 0.464 e. The number of rotatable bonds is 3. The Morgan fingerprint density at radius 1 is 1.00 bits per heavy atom. The van der Waals surface area contributed by atoms with Gasteiger partial charge in [0, 0.05) is 26.8 Å². The van der Waals surface area contributed by atoms with Crippen LogP contribution in [0.1, 0.15) is 5.56 Å². The van der Waals surface area contributed by atoms with Crippen LogP contribution in [0.15, 0.2) is 59.2 Å². The summed E-state index contributed by atoms with van der Waals surface area (Å²) in [6.45, 7) is 0.775. The van der Waals surface area contributed by atoms with Crippen LogP contribution in [0.3, 0.4) is 0 Å². The smallest absolute Gasteiger partial charge is 0.134 e. The minimum atomic E-state index is 0.775. The van der Waals surface area contributed by atoms with E-state index < -0.39 is 0 Å². The Hall–Kier alpha value is -1.49. The van der Waals surface area contributed by atoms with E-state index in [1.54, 1.807) is 0 Å². The van der Waals surface area contributed by atoms with Gasteiger partial charge in [-0.25, -0.2) is 0 Å². The molecule has 0 atom stereocenters. The minimum Gasteiger partial charge on any atom is -0.464 e. The summed E-state index contributed by atoms with van der Waals surface area (Å²) in [7, 11) is 0. The van der Waals surface area contributed by atoms with Gasteiger partial charge in [-0.2, -0.15) is 0 Å². The number of para-hydroxylation sites is 1. The van der Waals surface area contributed by atoms with Crippen LogP contribution >= 0.6 is 22.6 Å². The van der Waals surface area contributed by atoms with Gasteiger partial charge in [0.15, 0.2) is 0 Å². The molecule has 0 saturated heterocycles. The molecule has 18 heavy (non-hydrogen) atoms. The Kier molecular flexibility index (Phi) is 3.23. The molecule has 2 nitrogen and oxygen atoms in total. The maximum absolute atomic E-state index is 5.52. The van der Waals surface area contributed by atoms with E-state index in [1.807, 2.05) is 24.5 Å². The van der Waals surface area contributed by atoms with Crippen molar-refractivity contribution in [3.05, 3.63) is 63.9 Å². The van der Waals surface area contributed by atoms with Crippen molar-refractivity contribution in [1.29, 1.82) is 0 Å². The van der Waals surface area contributed by atoms with Crippen LogP contribution in [0.4, 0.5) is 5.69 Å². The van der Waals surface area contributed by atoms with Gasteiger partial charge in [-0.3, -0.25) is 0 Å². The van der Waals surface area contributed by atoms with Crippen molar-refractivity contribution in [2.75, 3.05) is 5.32 Å². The normalized spacial score (nSPS) is 10.7. The molecule has 0 spiro atoms. The first-order valence-electron chi connectivity index (χ1n) is 5.77. The van der Waals surface area contributed by atoms with Crippen molar-refractivity contribution < 1.29 is 4.42 Å². The lowest BCUT2D eigenvalue weighted by Crippen LogP contribution is -1.98. The maximum Gasteiger partial charge on any atom is 0.134 e. The fraction of sp³-hybridized carbons (Fsp3) is 0.0667. The Morgan fingerprint density at radius 2 is 1.78 bits per heavy atom. The topological polar surface area (TPSA) is 25.2 Å². The maximum atomic E-state index is 5.52. The van der Waals surface area contributed by atoms with Crippen LogP contribution < -0.4 is 5.32 Å². The first kappa shape index (κ1) is 11.6. The van der Waals surface area contributed by atoms with E-state index in [-0.39, 0.29) is 0 Å². The van der Waals surface area contributed by atoms with E-state index >= 15 is 0 Å². The van der Waals surface area contributed by atoms with Gasteiger partial charge in [0.05, 0.1) is 6.26 Å². The van der Waals surface area contributed by atoms with Gasteiger partial charge in [-0.15, -0.1) is 0 Å². The molecule has 0 saturated carbocycles. The number of nitrogens with one attached hydrogen (secondary N) is 1. The van der Waals surface area contributed by atoms with Crippen molar-refractivity contribution in [3.8, 4) is 0 Å². The standard InChI is InChI=1S/C15H12INO/c16-12-5-7-13(8-6-12)17-9-11-10-18-15-4-2-1-3-14(11)15/h1-8,10,17H,9H2. The lowest BCUT2D eigenvalue weighted by Gasteiger charge is -2.05. The zero-order valence-corrected chi connectivity index (χ0v) is 11.8. The highest BCUT2D eigenvalue weighted by Crippen LogP contribution is 2.21. The quantitative estimate of drug-likeness (QED) is 0.697. The van der Waals surface area contributed by atoms with Crippen molar-refractivity contribution in [1.82, 2.24) is 0 Å². The zero-order chi connectivity index (χ0) is 12.4. The van der Waals surface area contributed by atoms with Crippen LogP contribution in [0.25, 0.3) is 11.0 Å². The number of anilines is 1. The lowest BCUT2D eigenvalue weighted by molar-refractivity contribution is 0.611. The predicted molar refractivity (Wildman–Crippen MR) is 82.7 cm³/mol. The highest BCUT2D eigenvalue weighted by Gasteiger charge is 2.04. The van der Waals surface area contributed by atoms with Crippen molar-refractivity contribution in [2.45, 2.75) is 6.54 Å². The number of halogens is 1. The second-order valence-electron chi connectivity index (χ2n) is 4.12. The molecule has 1 aromatic heterocycles. The summed E-state index contributed by atoms with van der Waals surface area (Å²) in [6.07, 6.45) is 1.82. The molecule has 3 aromatic rings. The Labute approximate surface area is 119 Å². The van der Waals surface area contributed by atoms with E-state index in [4.69, 9.17) is 4.42 Å². The van der Waals surface area contributed by atoms with Crippen LogP contribution in [-0.4, -0.2) is 0 Å². The molecule has 90 valence electrons. The van der Waals surface area contributed by atoms with Gasteiger partial charge in [-0.1, -0.05) is 18.2 Å². The lowest BCUT2D eigenvalue weighted by atomic mass is 10.2. The van der Waals surface area contributed by atoms with Crippen molar-refractivity contribution >= 4 is 39.2 Å². The molecule has 0 unspecified atom stereocenters. The average molecular weight is 349 g/mol. The summed E-state index contributed by atoms with van der Waals surface area (Å²) in [4.78, 5) is 0. The summed E-state index contributed by atoms with van der Waals surface area (Å²) >= 11 is 2.30. The van der Waals surface area contributed by atoms with E-state index in [0.717, 1.165) is 17.8 Å². The second-order valence-corrected chi connectivity index (χ2v) is 5.36. The summed E-state index contributed by atoms with van der Waals surface area (Å²) in [5.41, 5.74) is 3.25. The number of fused-ring (bicyclic) bond motifs is 1. The second kappa shape index (κ2) is 5.02. The van der Waals surface area contributed by atoms with Crippen molar-refractivity contribution in [2.24, 2.45) is 0 Å². The molecule has 0 aliphatic heterocycles. The Balaban J connectivity index is 1.79. The minimum absolute atomic E-state index is 0.775. The molecule has 2 aromatic carbocycles. The molecule has 1 N–H and O–H groups in total. The van der Waals surface area contributed by atoms with E-state index in [1.165, 1.54) is 14.5 Å². The Bertz CT molecular complexity index is 658. The molecule has 3 rings (SSSR count). The van der Waals surface area contributed by atoms with E-state index in [9.17, 15) is 0 Å². The van der Waals surface area contributed by atoms with Crippen molar-refractivity contribution in [3.63, 3.8) is 0 Å². The summed E-state index contributed by atoms with van der Waals surface area (Å²) in [5, 5.41) is 4.58. The highest BCUT2D eigenvalue weighted by molar-refractivity contribution is 14.1. The Morgan fingerprint density at radius 3 is 2.61 bits per heavy atom. The van der Waals surface area contributed by atoms with Gasteiger partial charge in [0.2, 0.25) is 0 Å². The number of hydrogen-bond acceptors (Lipinski definition) is 2. The fourth-order valence-corrected chi connectivity index (χ4v) is 2.29. The molecule has 1 heterocycles. The SMILES string of the molecule is Ic1ccc(NCc2coc3ccccc23)cc1. The summed E-state index contributed by atoms with van der Waals surface area (Å²) in [6, 6.07) is 16.5. The number of furan rings is 1. The summed E-state index contributed by atoms with van der Waals surface area (Å²) < 4.78 is 6.76. The predicted octanol–water partition coefficient (Wildman–Crippen LogP) is 4.65. The molecule has 3 heteroatoms. The molecule has 0 fully saturated rings. The van der Waals surface area contributed by atoms with E-state index in [0.29, 0.717) is 0 Å². The molecule has 0 radical (unpaired) electrons. The molecule has 0 bridgehead atoms. The van der Waals surface area contributed by atoms with E-state index in [2.05, 4.69) is 58.2 Å². The third-order valence-electron chi connectivity index (χ3n) is 2.89. The summed E-state index contributed by atoms with van der Waals surface area (Å²) in [5.74, 6) is 0. The first-order chi connectivity index (χ1) is 8.83. The first-order valence-corrected chi connectivity index (χ1v) is 6.85. The van der Waals surface area contributed by atoms with Gasteiger partial charge in [0.25, 0.3) is 0 Å². The van der Waals surface area contributed by atoms with Gasteiger partial charge in [-0.05, 0) is 52.9 Å². The molecule has 0 amide bonds. The molecule has 0 aliphatic carbocycles. The highest BCUT2D eigenvalue weighted by atomic mass is 127. The van der Waals surface area contributed by atoms with Gasteiger partial charge < -0.3 is 9.73 Å². The third-order valence-corrected chi connectivity index (χ3v) is 3.61. The van der Waals surface area contributed by atoms with Gasteiger partial charge in [0.1, 0.15) is 5.58 Å².